The maximum Gasteiger partial charge on any atom is 0.410 e. The largest absolute Gasteiger partial charge is 0.444 e. The van der Waals surface area contributed by atoms with Gasteiger partial charge in [0.2, 0.25) is 0 Å². The number of carbonyl (C=O) groups excluding carboxylic acids is 1. The van der Waals surface area contributed by atoms with Crippen LogP contribution in [0.4, 0.5) is 4.79 Å². The van der Waals surface area contributed by atoms with Crippen molar-refractivity contribution in [3.63, 3.8) is 0 Å². The summed E-state index contributed by atoms with van der Waals surface area (Å²) in [6, 6.07) is 9.10. The normalized spacial score (nSPS) is 17.8. The molecule has 9 heteroatoms. The highest BCUT2D eigenvalue weighted by Crippen LogP contribution is 2.23. The molecule has 2 heterocycles. The highest BCUT2D eigenvalue weighted by molar-refractivity contribution is 5.68. The first-order chi connectivity index (χ1) is 14.2. The molecule has 1 aromatic heterocycles. The lowest BCUT2D eigenvalue weighted by molar-refractivity contribution is 0.00368. The van der Waals surface area contributed by atoms with Crippen LogP contribution in [0.5, 0.6) is 0 Å². The van der Waals surface area contributed by atoms with Crippen LogP contribution in [0, 0.1) is 17.2 Å². The molecule has 1 aromatic carbocycles. The van der Waals surface area contributed by atoms with Crippen molar-refractivity contribution >= 4 is 6.09 Å². The van der Waals surface area contributed by atoms with Crippen LogP contribution in [0.25, 0.3) is 5.69 Å². The lowest BCUT2D eigenvalue weighted by atomic mass is 10.1. The average molecular weight is 412 g/mol. The number of ether oxygens (including phenoxy) is 1. The van der Waals surface area contributed by atoms with Gasteiger partial charge in [0.1, 0.15) is 11.9 Å². The number of nitriles is 1. The van der Waals surface area contributed by atoms with E-state index in [0.717, 1.165) is 6.42 Å². The fourth-order valence-electron chi connectivity index (χ4n) is 3.41. The molecular formula is C21H28N6O3. The first-order valence-electron chi connectivity index (χ1n) is 9.94. The van der Waals surface area contributed by atoms with Crippen molar-refractivity contribution in [1.82, 2.24) is 24.6 Å². The van der Waals surface area contributed by atoms with E-state index in [2.05, 4.69) is 16.2 Å². The zero-order valence-corrected chi connectivity index (χ0v) is 17.8. The minimum atomic E-state index is -0.971. The molecule has 30 heavy (non-hydrogen) atoms. The number of carbonyl (C=O) groups is 1. The van der Waals surface area contributed by atoms with E-state index >= 15 is 0 Å². The number of likely N-dealkylation sites (tertiary alicyclic amines) is 1. The minimum absolute atomic E-state index is 0.228. The molecule has 0 spiro atoms. The number of nitrogens with zero attached hydrogens (tertiary/aromatic N) is 6. The van der Waals surface area contributed by atoms with Gasteiger partial charge in [0.25, 0.3) is 0 Å². The number of rotatable bonds is 5. The second-order valence-corrected chi connectivity index (χ2v) is 8.60. The van der Waals surface area contributed by atoms with E-state index in [-0.39, 0.29) is 17.8 Å². The number of hydrogen-bond acceptors (Lipinski definition) is 7. The molecule has 0 saturated carbocycles. The number of aromatic nitrogens is 3. The first-order valence-corrected chi connectivity index (χ1v) is 9.94. The molecule has 1 aliphatic heterocycles. The van der Waals surface area contributed by atoms with Crippen LogP contribution in [0.3, 0.4) is 0 Å². The van der Waals surface area contributed by atoms with Crippen molar-refractivity contribution in [3.05, 3.63) is 42.0 Å². The van der Waals surface area contributed by atoms with Gasteiger partial charge in [-0.05, 0) is 58.4 Å². The summed E-state index contributed by atoms with van der Waals surface area (Å²) in [6.07, 6.45) is 1.09. The van der Waals surface area contributed by atoms with Crippen LogP contribution in [0.15, 0.2) is 30.6 Å². The molecule has 1 unspecified atom stereocenters. The predicted molar refractivity (Wildman–Crippen MR) is 110 cm³/mol. The van der Waals surface area contributed by atoms with Crippen molar-refractivity contribution < 1.29 is 14.6 Å². The maximum atomic E-state index is 12.2. The molecule has 2 atom stereocenters. The van der Waals surface area contributed by atoms with Gasteiger partial charge in [-0.2, -0.15) is 5.26 Å². The zero-order valence-electron chi connectivity index (χ0n) is 17.8. The molecule has 0 radical (unpaired) electrons. The van der Waals surface area contributed by atoms with Gasteiger partial charge in [0.15, 0.2) is 12.1 Å². The average Bonchev–Trinajstić information content (AvgIpc) is 3.36. The van der Waals surface area contributed by atoms with Gasteiger partial charge < -0.3 is 14.7 Å². The summed E-state index contributed by atoms with van der Waals surface area (Å²) >= 11 is 0. The molecule has 2 aromatic rings. The number of hydrogen-bond donors (Lipinski definition) is 1. The molecular weight excluding hydrogens is 384 g/mol. The Labute approximate surface area is 176 Å². The van der Waals surface area contributed by atoms with Gasteiger partial charge in [-0.25, -0.2) is 14.5 Å². The van der Waals surface area contributed by atoms with E-state index in [4.69, 9.17) is 10.00 Å². The van der Waals surface area contributed by atoms with Crippen molar-refractivity contribution in [2.45, 2.75) is 39.0 Å². The summed E-state index contributed by atoms with van der Waals surface area (Å²) in [7, 11) is 1.80. The molecule has 0 bridgehead atoms. The first kappa shape index (κ1) is 21.7. The van der Waals surface area contributed by atoms with Crippen LogP contribution < -0.4 is 0 Å². The highest BCUT2D eigenvalue weighted by Gasteiger charge is 2.31. The number of amides is 1. The Morgan fingerprint density at radius 3 is 2.93 bits per heavy atom. The Kier molecular flexibility index (Phi) is 6.39. The van der Waals surface area contributed by atoms with Gasteiger partial charge in [0, 0.05) is 19.6 Å². The number of aliphatic hydroxyl groups excluding tert-OH is 1. The molecule has 1 aliphatic rings. The molecule has 1 fully saturated rings. The topological polar surface area (TPSA) is 108 Å². The third kappa shape index (κ3) is 5.34. The van der Waals surface area contributed by atoms with Gasteiger partial charge >= 0.3 is 6.09 Å². The van der Waals surface area contributed by atoms with Crippen LogP contribution in [0.1, 0.15) is 44.8 Å². The lowest BCUT2D eigenvalue weighted by Gasteiger charge is -2.26. The zero-order chi connectivity index (χ0) is 21.9. The Morgan fingerprint density at radius 2 is 2.23 bits per heavy atom. The molecule has 1 N–H and O–H groups in total. The molecule has 0 aliphatic carbocycles. The third-order valence-corrected chi connectivity index (χ3v) is 4.88. The van der Waals surface area contributed by atoms with E-state index in [9.17, 15) is 9.90 Å². The van der Waals surface area contributed by atoms with E-state index in [1.807, 2.05) is 26.8 Å². The van der Waals surface area contributed by atoms with Crippen molar-refractivity contribution in [2.24, 2.45) is 5.92 Å². The van der Waals surface area contributed by atoms with Gasteiger partial charge in [-0.15, -0.1) is 5.10 Å². The number of benzene rings is 1. The smallest absolute Gasteiger partial charge is 0.410 e. The van der Waals surface area contributed by atoms with E-state index in [1.54, 1.807) is 35.0 Å². The summed E-state index contributed by atoms with van der Waals surface area (Å²) in [5.74, 6) is 0.508. The summed E-state index contributed by atoms with van der Waals surface area (Å²) in [4.78, 5) is 19.9. The SMILES string of the molecule is CN(C[C@H]1CCN(C(=O)OC(C)(C)C)C1)C(O)c1ncn(-c2cccc(C#N)c2)n1. The highest BCUT2D eigenvalue weighted by atomic mass is 16.6. The molecule has 1 saturated heterocycles. The Hall–Kier alpha value is -2.96. The quantitative estimate of drug-likeness (QED) is 0.751. The second kappa shape index (κ2) is 8.81. The van der Waals surface area contributed by atoms with Crippen LogP contribution in [-0.4, -0.2) is 68.0 Å². The molecule has 3 rings (SSSR count). The van der Waals surface area contributed by atoms with E-state index in [0.29, 0.717) is 30.9 Å². The summed E-state index contributed by atoms with van der Waals surface area (Å²) in [6.45, 7) is 7.39. The maximum absolute atomic E-state index is 12.2. The van der Waals surface area contributed by atoms with Crippen molar-refractivity contribution in [2.75, 3.05) is 26.7 Å². The second-order valence-electron chi connectivity index (χ2n) is 8.60. The third-order valence-electron chi connectivity index (χ3n) is 4.88. The van der Waals surface area contributed by atoms with Gasteiger partial charge in [0.05, 0.1) is 17.3 Å². The predicted octanol–water partition coefficient (Wildman–Crippen LogP) is 2.32. The Balaban J connectivity index is 1.58. The van der Waals surface area contributed by atoms with Gasteiger partial charge in [-0.1, -0.05) is 6.07 Å². The van der Waals surface area contributed by atoms with E-state index in [1.165, 1.54) is 11.0 Å². The lowest BCUT2D eigenvalue weighted by Crippen LogP contribution is -2.36. The molecule has 9 nitrogen and oxygen atoms in total. The monoisotopic (exact) mass is 412 g/mol. The standard InChI is InChI=1S/C21H28N6O3/c1-21(2,3)30-20(29)26-9-8-16(13-26)12-25(4)19(28)18-23-14-27(24-18)17-7-5-6-15(10-17)11-22/h5-7,10,14,16,19,28H,8-9,12-13H2,1-4H3/t16-,19?/m1/s1. The van der Waals surface area contributed by atoms with Crippen LogP contribution >= 0.6 is 0 Å². The van der Waals surface area contributed by atoms with Crippen LogP contribution in [0.2, 0.25) is 0 Å². The fourth-order valence-corrected chi connectivity index (χ4v) is 3.41. The van der Waals surface area contributed by atoms with Gasteiger partial charge in [-0.3, -0.25) is 4.90 Å². The fraction of sp³-hybridized carbons (Fsp3) is 0.524. The molecule has 160 valence electrons. The Morgan fingerprint density at radius 1 is 1.47 bits per heavy atom. The van der Waals surface area contributed by atoms with E-state index < -0.39 is 11.8 Å². The number of aliphatic hydroxyl groups is 1. The Bertz CT molecular complexity index is 929. The minimum Gasteiger partial charge on any atom is -0.444 e. The van der Waals surface area contributed by atoms with Crippen molar-refractivity contribution in [3.8, 4) is 11.8 Å². The summed E-state index contributed by atoms with van der Waals surface area (Å²) in [5.41, 5.74) is 0.712. The summed E-state index contributed by atoms with van der Waals surface area (Å²) < 4.78 is 6.97. The molecule has 1 amide bonds. The summed E-state index contributed by atoms with van der Waals surface area (Å²) in [5, 5.41) is 24.1. The van der Waals surface area contributed by atoms with Crippen LogP contribution in [-0.2, 0) is 4.74 Å². The van der Waals surface area contributed by atoms with Crippen molar-refractivity contribution in [1.29, 1.82) is 5.26 Å².